The molecule has 1 unspecified atom stereocenters. The maximum Gasteiger partial charge on any atom is 0.305 e. The maximum atomic E-state index is 11.2. The van der Waals surface area contributed by atoms with Crippen LogP contribution in [0.2, 0.25) is 0 Å². The monoisotopic (exact) mass is 549 g/mol. The van der Waals surface area contributed by atoms with Gasteiger partial charge in [-0.05, 0) is 46.6 Å². The van der Waals surface area contributed by atoms with Crippen LogP contribution in [0.3, 0.4) is 0 Å². The molecule has 0 radical (unpaired) electrons. The number of rotatable bonds is 10. The predicted molar refractivity (Wildman–Crippen MR) is 154 cm³/mol. The van der Waals surface area contributed by atoms with Crippen molar-refractivity contribution >= 4 is 33.0 Å². The van der Waals surface area contributed by atoms with Crippen molar-refractivity contribution in [3.05, 3.63) is 70.1 Å². The van der Waals surface area contributed by atoms with E-state index in [9.17, 15) is 4.79 Å². The van der Waals surface area contributed by atoms with Crippen molar-refractivity contribution in [3.8, 4) is 17.2 Å². The number of aliphatic carboxylic acids is 1. The Balaban J connectivity index is 1.36. The molecule has 1 atom stereocenters. The lowest BCUT2D eigenvalue weighted by atomic mass is 10.0. The third-order valence-electron chi connectivity index (χ3n) is 6.95. The quantitative estimate of drug-likeness (QED) is 0.368. The number of aryl methyl sites for hydroxylation is 3. The molecular formula is C29H33N4O5S+. The Morgan fingerprint density at radius 2 is 1.69 bits per heavy atom. The van der Waals surface area contributed by atoms with Gasteiger partial charge in [0.1, 0.15) is 24.0 Å². The number of carboxylic acids is 1. The molecule has 39 heavy (non-hydrogen) atoms. The highest BCUT2D eigenvalue weighted by Crippen LogP contribution is 2.40. The van der Waals surface area contributed by atoms with E-state index in [1.54, 1.807) is 21.3 Å². The van der Waals surface area contributed by atoms with Crippen molar-refractivity contribution in [1.29, 1.82) is 0 Å². The Hall–Kier alpha value is -4.05. The topological polar surface area (TPSA) is 96.2 Å². The number of benzene rings is 2. The van der Waals surface area contributed by atoms with Gasteiger partial charge in [-0.25, -0.2) is 0 Å². The molecule has 10 heteroatoms. The summed E-state index contributed by atoms with van der Waals surface area (Å²) >= 11 is 0. The highest BCUT2D eigenvalue weighted by atomic mass is 32.2. The summed E-state index contributed by atoms with van der Waals surface area (Å²) < 4.78 is 16.4. The second-order valence-electron chi connectivity index (χ2n) is 9.45. The highest BCUT2D eigenvalue weighted by Gasteiger charge is 2.37. The van der Waals surface area contributed by atoms with Crippen molar-refractivity contribution in [2.75, 3.05) is 39.4 Å². The second kappa shape index (κ2) is 11.4. The van der Waals surface area contributed by atoms with Gasteiger partial charge in [-0.2, -0.15) is 5.10 Å². The number of anilines is 1. The van der Waals surface area contributed by atoms with Gasteiger partial charge in [-0.3, -0.25) is 19.7 Å². The number of aliphatic imine (C=N–C) groups is 1. The van der Waals surface area contributed by atoms with Gasteiger partial charge in [0.2, 0.25) is 5.75 Å². The Morgan fingerprint density at radius 3 is 2.33 bits per heavy atom. The van der Waals surface area contributed by atoms with E-state index in [1.165, 1.54) is 16.1 Å². The summed E-state index contributed by atoms with van der Waals surface area (Å²) in [5, 5.41) is 19.3. The van der Waals surface area contributed by atoms with Crippen molar-refractivity contribution in [3.63, 3.8) is 0 Å². The molecule has 0 bridgehead atoms. The van der Waals surface area contributed by atoms with Crippen molar-refractivity contribution in [1.82, 2.24) is 5.01 Å². The van der Waals surface area contributed by atoms with Gasteiger partial charge in [-0.1, -0.05) is 24.3 Å². The number of nitrogens with zero attached hydrogens (tertiary/aromatic N) is 4. The summed E-state index contributed by atoms with van der Waals surface area (Å²) in [5.74, 6) is 1.86. The smallest absolute Gasteiger partial charge is 0.305 e. The van der Waals surface area contributed by atoms with E-state index in [1.807, 2.05) is 17.1 Å². The third kappa shape index (κ3) is 5.42. The first-order valence-corrected chi connectivity index (χ1v) is 14.4. The number of hydrogen-bond acceptors (Lipinski definition) is 8. The van der Waals surface area contributed by atoms with Crippen LogP contribution < -0.4 is 19.1 Å². The molecule has 3 aromatic rings. The van der Waals surface area contributed by atoms with Crippen LogP contribution in [-0.4, -0.2) is 62.2 Å². The molecule has 0 saturated carbocycles. The summed E-state index contributed by atoms with van der Waals surface area (Å²) in [6.45, 7) is 1.49. The third-order valence-corrected chi connectivity index (χ3v) is 8.59. The van der Waals surface area contributed by atoms with Gasteiger partial charge in [0.05, 0.1) is 39.9 Å². The van der Waals surface area contributed by atoms with Gasteiger partial charge in [0.25, 0.3) is 5.00 Å². The fourth-order valence-electron chi connectivity index (χ4n) is 4.98. The molecule has 5 rings (SSSR count). The number of hydrazone groups is 1. The van der Waals surface area contributed by atoms with Crippen LogP contribution in [0.4, 0.5) is 5.00 Å². The van der Waals surface area contributed by atoms with E-state index in [2.05, 4.69) is 46.9 Å². The fraction of sp³-hybridized carbons (Fsp3) is 0.345. The van der Waals surface area contributed by atoms with Crippen molar-refractivity contribution < 1.29 is 24.1 Å². The van der Waals surface area contributed by atoms with E-state index in [0.29, 0.717) is 37.0 Å². The van der Waals surface area contributed by atoms with E-state index >= 15 is 0 Å². The largest absolute Gasteiger partial charge is 0.493 e. The first-order valence-electron chi connectivity index (χ1n) is 12.7. The zero-order valence-electron chi connectivity index (χ0n) is 22.6. The van der Waals surface area contributed by atoms with Crippen LogP contribution in [-0.2, 0) is 30.4 Å². The lowest BCUT2D eigenvalue weighted by molar-refractivity contribution is -0.137. The fourth-order valence-corrected chi connectivity index (χ4v) is 6.51. The van der Waals surface area contributed by atoms with Crippen molar-refractivity contribution in [2.24, 2.45) is 16.3 Å². The summed E-state index contributed by atoms with van der Waals surface area (Å²) in [5.41, 5.74) is 5.34. The van der Waals surface area contributed by atoms with Crippen molar-refractivity contribution in [2.45, 2.75) is 25.8 Å². The van der Waals surface area contributed by atoms with Crippen LogP contribution >= 0.6 is 10.5 Å². The number of amidine groups is 1. The van der Waals surface area contributed by atoms with E-state index < -0.39 is 5.97 Å². The second-order valence-corrected chi connectivity index (χ2v) is 11.2. The number of carboxylic acid groups (broad SMARTS) is 1. The maximum absolute atomic E-state index is 11.2. The molecule has 0 aliphatic carbocycles. The molecule has 204 valence electrons. The predicted octanol–water partition coefficient (Wildman–Crippen LogP) is 4.65. The minimum absolute atomic E-state index is 0.0399. The van der Waals surface area contributed by atoms with Gasteiger partial charge in [0.15, 0.2) is 17.3 Å². The average Bonchev–Trinajstić information content (AvgIpc) is 3.49. The summed E-state index contributed by atoms with van der Waals surface area (Å²) in [6.07, 6.45) is 3.91. The van der Waals surface area contributed by atoms with Gasteiger partial charge in [0, 0.05) is 18.2 Å². The molecule has 0 spiro atoms. The number of ether oxygens (including phenoxy) is 3. The molecule has 1 N–H and O–H groups in total. The first-order chi connectivity index (χ1) is 18.9. The van der Waals surface area contributed by atoms with E-state index in [-0.39, 0.29) is 16.9 Å². The molecule has 2 aliphatic rings. The Bertz CT molecular complexity index is 1400. The van der Waals surface area contributed by atoms with Crippen LogP contribution in [0, 0.1) is 0 Å². The van der Waals surface area contributed by atoms with E-state index in [4.69, 9.17) is 29.4 Å². The SMILES string of the molecule is COc1cc(CCc2ccc(C3=NCc4cc[s+](C)c4N4CN(CCC(=O)O)N=C34)cc2)cc(OC)c1OC. The lowest BCUT2D eigenvalue weighted by Crippen LogP contribution is -2.35. The molecule has 3 heterocycles. The van der Waals surface area contributed by atoms with Gasteiger partial charge >= 0.3 is 5.97 Å². The molecule has 0 saturated heterocycles. The minimum atomic E-state index is -0.828. The zero-order valence-corrected chi connectivity index (χ0v) is 23.5. The number of methoxy groups -OCH3 is 3. The van der Waals surface area contributed by atoms with Crippen LogP contribution in [0.5, 0.6) is 17.2 Å². The Kier molecular flexibility index (Phi) is 7.74. The van der Waals surface area contributed by atoms with Gasteiger partial charge < -0.3 is 19.3 Å². The molecule has 1 aromatic heterocycles. The molecule has 2 aliphatic heterocycles. The zero-order chi connectivity index (χ0) is 27.5. The number of carbonyl (C=O) groups is 1. The number of thiophene rings is 1. The first kappa shape index (κ1) is 26.6. The summed E-state index contributed by atoms with van der Waals surface area (Å²) in [7, 11) is 4.81. The summed E-state index contributed by atoms with van der Waals surface area (Å²) in [6, 6.07) is 14.6. The van der Waals surface area contributed by atoms with Crippen LogP contribution in [0.15, 0.2) is 57.9 Å². The molecule has 0 fully saturated rings. The Labute approximate surface area is 230 Å². The summed E-state index contributed by atoms with van der Waals surface area (Å²) in [4.78, 5) is 18.4. The minimum Gasteiger partial charge on any atom is -0.493 e. The average molecular weight is 550 g/mol. The standard InChI is InChI=1S/C29H32N4O5S/c1-36-23-15-20(16-24(37-2)27(23)38-3)6-5-19-7-9-21(10-8-19)26-28-31-32(13-11-25(34)35)18-33(28)29-22(17-30-26)12-14-39(29)4/h7-10,12,14-16H,5-6,11,13,17-18H2,1-4H3/p+1. The normalized spacial score (nSPS) is 14.7. The van der Waals surface area contributed by atoms with Crippen LogP contribution in [0.25, 0.3) is 0 Å². The number of hydrogen-bond donors (Lipinski definition) is 1. The molecular weight excluding hydrogens is 516 g/mol. The molecule has 9 nitrogen and oxygen atoms in total. The number of fused-ring (bicyclic) bond motifs is 3. The molecule has 0 amide bonds. The van der Waals surface area contributed by atoms with Crippen LogP contribution in [0.1, 0.15) is 28.7 Å². The highest BCUT2D eigenvalue weighted by molar-refractivity contribution is 7.32. The van der Waals surface area contributed by atoms with Gasteiger partial charge in [-0.15, -0.1) is 0 Å². The van der Waals surface area contributed by atoms with E-state index in [0.717, 1.165) is 35.5 Å². The lowest BCUT2D eigenvalue weighted by Gasteiger charge is -2.17. The molecule has 2 aromatic carbocycles. The Morgan fingerprint density at radius 1 is 1.00 bits per heavy atom.